The van der Waals surface area contributed by atoms with Gasteiger partial charge in [0.1, 0.15) is 5.82 Å². The van der Waals surface area contributed by atoms with Crippen LogP contribution in [-0.4, -0.2) is 5.78 Å². The van der Waals surface area contributed by atoms with Crippen molar-refractivity contribution < 1.29 is 18.0 Å². The van der Waals surface area contributed by atoms with Crippen molar-refractivity contribution in [2.24, 2.45) is 5.73 Å². The van der Waals surface area contributed by atoms with E-state index in [9.17, 15) is 23.2 Å². The summed E-state index contributed by atoms with van der Waals surface area (Å²) in [5, 5.41) is 11.5. The van der Waals surface area contributed by atoms with Gasteiger partial charge in [0, 0.05) is 33.4 Å². The number of para-hydroxylation sites is 1. The molecule has 1 atom stereocenters. The first kappa shape index (κ1) is 30.1. The molecule has 1 heterocycles. The van der Waals surface area contributed by atoms with Gasteiger partial charge in [0.2, 0.25) is 0 Å². The molecular formula is C32H26Cl2F3N3OS. The highest BCUT2D eigenvalue weighted by molar-refractivity contribution is 7.98. The summed E-state index contributed by atoms with van der Waals surface area (Å²) in [5.41, 5.74) is 9.76. The summed E-state index contributed by atoms with van der Waals surface area (Å²) in [5.74, 6) is -0.557. The predicted molar refractivity (Wildman–Crippen MR) is 161 cm³/mol. The Kier molecular flexibility index (Phi) is 8.39. The molecule has 0 aromatic heterocycles. The van der Waals surface area contributed by atoms with Crippen molar-refractivity contribution in [3.8, 4) is 6.07 Å². The van der Waals surface area contributed by atoms with Gasteiger partial charge in [-0.15, -0.1) is 11.8 Å². The lowest BCUT2D eigenvalue weighted by molar-refractivity contribution is -0.137. The SMILES string of the molecule is Cc1cc(CSc2cc(Cl)ccc2Cl)c(C)c(C2C(C#N)=C(N)N(c3ccccc3C(F)(F)F)C3=C2C(=O)CCC3)c1. The average molecular weight is 629 g/mol. The van der Waals surface area contributed by atoms with E-state index in [-0.39, 0.29) is 29.3 Å². The van der Waals surface area contributed by atoms with Crippen molar-refractivity contribution in [1.29, 1.82) is 5.26 Å². The highest BCUT2D eigenvalue weighted by atomic mass is 35.5. The number of rotatable bonds is 5. The Morgan fingerprint density at radius 2 is 1.83 bits per heavy atom. The number of anilines is 1. The number of aryl methyl sites for hydroxylation is 1. The van der Waals surface area contributed by atoms with Crippen molar-refractivity contribution in [2.75, 3.05) is 4.90 Å². The summed E-state index contributed by atoms with van der Waals surface area (Å²) in [6.45, 7) is 3.85. The number of hydrogen-bond donors (Lipinski definition) is 1. The summed E-state index contributed by atoms with van der Waals surface area (Å²) >= 11 is 14.1. The van der Waals surface area contributed by atoms with Crippen molar-refractivity contribution in [3.05, 3.63) is 115 Å². The lowest BCUT2D eigenvalue weighted by atomic mass is 9.73. The summed E-state index contributed by atoms with van der Waals surface area (Å²) in [4.78, 5) is 15.7. The molecule has 1 aliphatic carbocycles. The largest absolute Gasteiger partial charge is 0.418 e. The Hall–Kier alpha value is -3.38. The summed E-state index contributed by atoms with van der Waals surface area (Å²) in [6.07, 6.45) is -3.60. The molecule has 2 N–H and O–H groups in total. The lowest BCUT2D eigenvalue weighted by Gasteiger charge is -2.41. The van der Waals surface area contributed by atoms with Crippen LogP contribution in [-0.2, 0) is 16.7 Å². The second kappa shape index (κ2) is 11.7. The highest BCUT2D eigenvalue weighted by Crippen LogP contribution is 2.49. The first-order chi connectivity index (χ1) is 19.9. The summed E-state index contributed by atoms with van der Waals surface area (Å²) in [6, 6.07) is 16.5. The van der Waals surface area contributed by atoms with Crippen LogP contribution in [0.1, 0.15) is 53.0 Å². The van der Waals surface area contributed by atoms with Crippen molar-refractivity contribution in [1.82, 2.24) is 0 Å². The maximum Gasteiger partial charge on any atom is 0.418 e. The van der Waals surface area contributed by atoms with Gasteiger partial charge in [-0.25, -0.2) is 0 Å². The van der Waals surface area contributed by atoms with Crippen LogP contribution in [0.2, 0.25) is 10.0 Å². The third-order valence-electron chi connectivity index (χ3n) is 7.65. The van der Waals surface area contributed by atoms with Crippen LogP contribution in [0.25, 0.3) is 0 Å². The Labute approximate surface area is 256 Å². The highest BCUT2D eigenvalue weighted by Gasteiger charge is 2.43. The van der Waals surface area contributed by atoms with Gasteiger partial charge in [-0.3, -0.25) is 9.69 Å². The fourth-order valence-electron chi connectivity index (χ4n) is 5.74. The maximum absolute atomic E-state index is 14.1. The molecule has 0 saturated heterocycles. The summed E-state index contributed by atoms with van der Waals surface area (Å²) in [7, 11) is 0. The average Bonchev–Trinajstić information content (AvgIpc) is 2.94. The number of nitriles is 1. The van der Waals surface area contributed by atoms with Crippen molar-refractivity contribution in [3.63, 3.8) is 0 Å². The molecule has 0 saturated carbocycles. The van der Waals surface area contributed by atoms with Gasteiger partial charge in [-0.2, -0.15) is 18.4 Å². The van der Waals surface area contributed by atoms with E-state index in [0.29, 0.717) is 39.9 Å². The number of carbonyl (C=O) groups is 1. The van der Waals surface area contributed by atoms with Gasteiger partial charge in [-0.1, -0.05) is 53.0 Å². The maximum atomic E-state index is 14.1. The molecular weight excluding hydrogens is 602 g/mol. The van der Waals surface area contributed by atoms with Gasteiger partial charge in [0.15, 0.2) is 5.78 Å². The molecule has 0 amide bonds. The third kappa shape index (κ3) is 5.54. The van der Waals surface area contributed by atoms with Gasteiger partial charge in [0.05, 0.1) is 33.8 Å². The Morgan fingerprint density at radius 1 is 1.10 bits per heavy atom. The van der Waals surface area contributed by atoms with Crippen LogP contribution < -0.4 is 10.6 Å². The van der Waals surface area contributed by atoms with Gasteiger partial charge in [-0.05, 0) is 73.7 Å². The molecule has 4 nitrogen and oxygen atoms in total. The van der Waals surface area contributed by atoms with E-state index in [2.05, 4.69) is 6.07 Å². The minimum atomic E-state index is -4.66. The normalized spacial score (nSPS) is 17.4. The van der Waals surface area contributed by atoms with E-state index >= 15 is 0 Å². The standard InChI is InChI=1S/C32H26Cl2F3N3OS/c1-17-12-19(16-42-28-14-20(33)10-11-24(28)34)18(2)21(13-17)29-22(15-38)31(39)40(26-8-5-9-27(41)30(26)29)25-7-4-3-6-23(25)32(35,36)37/h3-4,6-7,10-14,29H,5,8-9,16,39H2,1-2H3. The van der Waals surface area contributed by atoms with Crippen molar-refractivity contribution >= 4 is 46.4 Å². The number of benzene rings is 3. The van der Waals surface area contributed by atoms with E-state index in [1.165, 1.54) is 34.9 Å². The number of halogens is 5. The predicted octanol–water partition coefficient (Wildman–Crippen LogP) is 9.23. The van der Waals surface area contributed by atoms with E-state index in [4.69, 9.17) is 28.9 Å². The van der Waals surface area contributed by atoms with Gasteiger partial charge >= 0.3 is 6.18 Å². The number of alkyl halides is 3. The molecule has 10 heteroatoms. The minimum absolute atomic E-state index is 0.0474. The number of allylic oxidation sites excluding steroid dienone is 3. The Balaban J connectivity index is 1.67. The zero-order valence-corrected chi connectivity index (χ0v) is 25.1. The van der Waals surface area contributed by atoms with Crippen LogP contribution in [0.3, 0.4) is 0 Å². The van der Waals surface area contributed by atoms with Gasteiger partial charge in [0.25, 0.3) is 0 Å². The number of nitrogens with two attached hydrogens (primary N) is 1. The molecule has 1 unspecified atom stereocenters. The molecule has 0 bridgehead atoms. The van der Waals surface area contributed by atoms with E-state index in [1.807, 2.05) is 26.0 Å². The lowest BCUT2D eigenvalue weighted by Crippen LogP contribution is -2.39. The van der Waals surface area contributed by atoms with Crippen LogP contribution in [0.4, 0.5) is 18.9 Å². The molecule has 0 radical (unpaired) electrons. The first-order valence-corrected chi connectivity index (χ1v) is 15.0. The Bertz CT molecular complexity index is 1710. The molecule has 42 heavy (non-hydrogen) atoms. The number of carbonyl (C=O) groups excluding carboxylic acids is 1. The van der Waals surface area contributed by atoms with Crippen LogP contribution in [0, 0.1) is 25.2 Å². The van der Waals surface area contributed by atoms with E-state index < -0.39 is 17.7 Å². The van der Waals surface area contributed by atoms with Crippen LogP contribution >= 0.6 is 35.0 Å². The van der Waals surface area contributed by atoms with Crippen LogP contribution in [0.15, 0.2) is 82.2 Å². The molecule has 5 rings (SSSR count). The summed E-state index contributed by atoms with van der Waals surface area (Å²) < 4.78 is 42.3. The number of thioether (sulfide) groups is 1. The minimum Gasteiger partial charge on any atom is -0.384 e. The van der Waals surface area contributed by atoms with Crippen LogP contribution in [0.5, 0.6) is 0 Å². The fourth-order valence-corrected chi connectivity index (χ4v) is 7.28. The number of Topliss-reactive ketones (excluding diaryl/α,β-unsaturated/α-hetero) is 1. The molecule has 2 aliphatic rings. The zero-order chi connectivity index (χ0) is 30.3. The monoisotopic (exact) mass is 627 g/mol. The molecule has 3 aromatic carbocycles. The first-order valence-electron chi connectivity index (χ1n) is 13.2. The number of nitrogens with zero attached hydrogens (tertiary/aromatic N) is 2. The third-order valence-corrected chi connectivity index (χ3v) is 9.43. The fraction of sp³-hybridized carbons (Fsp3) is 0.250. The van der Waals surface area contributed by atoms with Gasteiger partial charge < -0.3 is 5.73 Å². The molecule has 216 valence electrons. The quantitative estimate of drug-likeness (QED) is 0.285. The molecule has 0 spiro atoms. The van der Waals surface area contributed by atoms with Crippen molar-refractivity contribution in [2.45, 2.75) is 55.9 Å². The number of ketones is 1. The zero-order valence-electron chi connectivity index (χ0n) is 22.8. The topological polar surface area (TPSA) is 70.1 Å². The smallest absolute Gasteiger partial charge is 0.384 e. The number of hydrogen-bond acceptors (Lipinski definition) is 5. The molecule has 1 aliphatic heterocycles. The van der Waals surface area contributed by atoms with E-state index in [0.717, 1.165) is 33.2 Å². The molecule has 3 aromatic rings. The Morgan fingerprint density at radius 3 is 2.55 bits per heavy atom. The second-order valence-electron chi connectivity index (χ2n) is 10.3. The van der Waals surface area contributed by atoms with E-state index in [1.54, 1.807) is 18.2 Å². The molecule has 0 fully saturated rings. The second-order valence-corrected chi connectivity index (χ2v) is 12.2.